The normalized spacial score (nSPS) is 20.0. The van der Waals surface area contributed by atoms with E-state index in [2.05, 4.69) is 49.6 Å². The minimum Gasteiger partial charge on any atom is -0.444 e. The van der Waals surface area contributed by atoms with Crippen LogP contribution in [0.3, 0.4) is 0 Å². The number of carbonyl (C=O) groups is 2. The maximum absolute atomic E-state index is 14.4. The van der Waals surface area contributed by atoms with E-state index in [0.717, 1.165) is 56.7 Å². The highest BCUT2D eigenvalue weighted by Gasteiger charge is 2.64. The van der Waals surface area contributed by atoms with E-state index in [1.165, 1.54) is 9.21 Å². The third kappa shape index (κ3) is 16.1. The number of benzene rings is 6. The fraction of sp³-hybridized carbons (Fsp3) is 0.345. The first-order valence-electron chi connectivity index (χ1n) is 27.8. The molecule has 89 heavy (non-hydrogen) atoms. The van der Waals surface area contributed by atoms with Crippen LogP contribution in [0.5, 0.6) is 11.5 Å². The van der Waals surface area contributed by atoms with Crippen LogP contribution in [0.25, 0.3) is 0 Å². The van der Waals surface area contributed by atoms with Gasteiger partial charge in [-0.1, -0.05) is 164 Å². The average Bonchev–Trinajstić information content (AvgIpc) is 1.55. The number of anilines is 2. The summed E-state index contributed by atoms with van der Waals surface area (Å²) in [6.45, 7) is 12.8. The molecule has 4 atom stereocenters. The van der Waals surface area contributed by atoms with E-state index in [0.29, 0.717) is 36.3 Å². The van der Waals surface area contributed by atoms with Crippen LogP contribution in [0.1, 0.15) is 35.1 Å². The number of nitrogens with one attached hydrogen (secondary N) is 1. The van der Waals surface area contributed by atoms with Crippen molar-refractivity contribution < 1.29 is 78.7 Å². The topological polar surface area (TPSA) is 259 Å². The Morgan fingerprint density at radius 1 is 0.539 bits per heavy atom. The molecular weight excluding hydrogens is 1350 g/mol. The molecule has 4 aliphatic rings. The van der Waals surface area contributed by atoms with Crippen molar-refractivity contribution in [2.45, 2.75) is 99.6 Å². The molecule has 4 aliphatic heterocycles. The summed E-state index contributed by atoms with van der Waals surface area (Å²) in [5.41, 5.74) is 1.92. The lowest BCUT2D eigenvalue weighted by atomic mass is 9.90. The molecule has 6 aromatic rings. The van der Waals surface area contributed by atoms with Gasteiger partial charge >= 0.3 is 32.8 Å². The summed E-state index contributed by atoms with van der Waals surface area (Å²) in [5.74, 6) is -7.02. The fourth-order valence-electron chi connectivity index (χ4n) is 10.5. The molecule has 0 saturated carbocycles. The minimum absolute atomic E-state index is 0.103. The zero-order valence-electron chi connectivity index (χ0n) is 49.2. The Kier molecular flexibility index (Phi) is 20.7. The van der Waals surface area contributed by atoms with Gasteiger partial charge in [0.25, 0.3) is 0 Å². The van der Waals surface area contributed by atoms with Gasteiger partial charge < -0.3 is 17.8 Å². The van der Waals surface area contributed by atoms with Crippen LogP contribution in [-0.4, -0.2) is 108 Å². The van der Waals surface area contributed by atoms with Crippen molar-refractivity contribution in [3.63, 3.8) is 0 Å². The van der Waals surface area contributed by atoms with Gasteiger partial charge in [0, 0.05) is 34.8 Å². The Balaban J connectivity index is 0.000000198. The molecule has 0 aliphatic carbocycles. The van der Waals surface area contributed by atoms with Crippen molar-refractivity contribution in [3.8, 4) is 11.5 Å². The highest BCUT2D eigenvalue weighted by Crippen LogP contribution is 2.57. The quantitative estimate of drug-likeness (QED) is 0.0461. The number of alkyl halides is 1. The Morgan fingerprint density at radius 2 is 0.921 bits per heavy atom. The summed E-state index contributed by atoms with van der Waals surface area (Å²) in [7, 11) is -20.4. The maximum atomic E-state index is 14.4. The van der Waals surface area contributed by atoms with Crippen LogP contribution in [0.15, 0.2) is 146 Å². The smallest absolute Gasteiger partial charge is 0.416 e. The molecule has 0 spiro atoms. The summed E-state index contributed by atoms with van der Waals surface area (Å²) in [4.78, 5) is 29.8. The van der Waals surface area contributed by atoms with E-state index in [1.807, 2.05) is 74.2 Å². The first-order chi connectivity index (χ1) is 41.6. The number of hydrogen-bond donors (Lipinski definition) is 2. The molecule has 3 N–H and O–H groups in total. The van der Waals surface area contributed by atoms with E-state index in [4.69, 9.17) is 13.7 Å². The molecule has 2 fully saturated rings. The van der Waals surface area contributed by atoms with Crippen molar-refractivity contribution >= 4 is 96.3 Å². The van der Waals surface area contributed by atoms with E-state index in [-0.39, 0.29) is 48.9 Å². The first-order valence-corrected chi connectivity index (χ1v) is 42.1. The molecule has 0 radical (unpaired) electrons. The lowest BCUT2D eigenvalue weighted by Crippen LogP contribution is -2.60. The average molecular weight is 1410 g/mol. The monoisotopic (exact) mass is 1410 g/mol. The van der Waals surface area contributed by atoms with Gasteiger partial charge in [-0.25, -0.2) is 44.0 Å². The van der Waals surface area contributed by atoms with E-state index >= 15 is 0 Å². The van der Waals surface area contributed by atoms with Gasteiger partial charge in [0.1, 0.15) is 25.5 Å². The van der Waals surface area contributed by atoms with Gasteiger partial charge in [-0.05, 0) is 78.0 Å². The molecule has 0 bridgehead atoms. The maximum Gasteiger partial charge on any atom is 0.416 e. The third-order valence-electron chi connectivity index (χ3n) is 14.8. The molecule has 20 nitrogen and oxygen atoms in total. The van der Waals surface area contributed by atoms with Crippen LogP contribution in [0.4, 0.5) is 38.5 Å². The molecule has 31 heteroatoms. The van der Waals surface area contributed by atoms with Gasteiger partial charge in [0.15, 0.2) is 23.3 Å². The number of nitrogens with two attached hydrogens (primary N) is 1. The lowest BCUT2D eigenvalue weighted by molar-refractivity contribution is 0.137. The van der Waals surface area contributed by atoms with Gasteiger partial charge in [0.2, 0.25) is 31.5 Å². The number of nitrogens with zero attached hydrogens (tertiary/aromatic N) is 4. The predicted molar refractivity (Wildman–Crippen MR) is 337 cm³/mol. The number of ether oxygens (including phenoxy) is 2. The summed E-state index contributed by atoms with van der Waals surface area (Å²) < 4.78 is 181. The minimum atomic E-state index is -5.00. The first kappa shape index (κ1) is 68.6. The third-order valence-corrected chi connectivity index (χ3v) is 25.3. The second-order valence-corrected chi connectivity index (χ2v) is 42.9. The van der Waals surface area contributed by atoms with Gasteiger partial charge in [-0.2, -0.15) is 35.3 Å². The van der Waals surface area contributed by atoms with Gasteiger partial charge in [0.05, 0.1) is 32.7 Å². The van der Waals surface area contributed by atoms with Crippen molar-refractivity contribution in [2.24, 2.45) is 5.14 Å². The second-order valence-electron chi connectivity index (χ2n) is 23.7. The van der Waals surface area contributed by atoms with Crippen molar-refractivity contribution in [1.29, 1.82) is 0 Å². The molecule has 480 valence electrons. The Bertz CT molecular complexity index is 4020. The van der Waals surface area contributed by atoms with Crippen LogP contribution in [0, 0.1) is 23.3 Å². The fourth-order valence-corrected chi connectivity index (χ4v) is 22.5. The molecule has 0 unspecified atom stereocenters. The molecule has 10 rings (SSSR count). The molecule has 2 amide bonds. The number of para-hydroxylation sites is 4. The van der Waals surface area contributed by atoms with Crippen LogP contribution >= 0.6 is 15.9 Å². The second kappa shape index (κ2) is 26.9. The summed E-state index contributed by atoms with van der Waals surface area (Å²) in [5, 5.41) is 4.42. The van der Waals surface area contributed by atoms with E-state index in [1.54, 1.807) is 54.6 Å². The zero-order valence-corrected chi connectivity index (χ0v) is 56.0. The summed E-state index contributed by atoms with van der Waals surface area (Å²) >= 11 is 3.85. The van der Waals surface area contributed by atoms with Crippen molar-refractivity contribution in [1.82, 2.24) is 13.3 Å². The van der Waals surface area contributed by atoms with Gasteiger partial charge in [-0.15, -0.1) is 0 Å². The number of hydrogen-bond acceptors (Lipinski definition) is 14. The van der Waals surface area contributed by atoms with Crippen LogP contribution < -0.4 is 28.0 Å². The number of sulfonamides is 2. The van der Waals surface area contributed by atoms with Crippen LogP contribution in [-0.2, 0) is 73.2 Å². The molecule has 2 saturated heterocycles. The number of rotatable bonds is 18. The van der Waals surface area contributed by atoms with E-state index in [9.17, 15) is 60.8 Å². The highest BCUT2D eigenvalue weighted by atomic mass is 79.9. The van der Waals surface area contributed by atoms with Crippen LogP contribution in [0.2, 0.25) is 51.4 Å². The molecule has 4 heterocycles. The Morgan fingerprint density at radius 3 is 1.37 bits per heavy atom. The summed E-state index contributed by atoms with van der Waals surface area (Å²) in [6.07, 6.45) is -3.08. The standard InChI is InChI=1S/C29H33F2N3O7S2Si.C23H29BrN2O4SSi.C6H5F2NO3S/c1-44(2,3)19-18-42(36,37)33-17-16-29(32-43(38,39)41-26-23(30)13-9-14-24(26)31)22-12-7-8-15-25(22)34(27(29)33)28(35)40-20-21-10-5-4-6-11-21;1-32(2,3)16-15-31(28,29)25-14-13-23(24)19-11-7-8-12-20(19)26(21(23)25)22(27)30-17-18-9-5-4-6-10-18;7-4-2-1-3-5(8)6(4)12-13(9,10)11/h4-15,27,32H,16-20H2,1-3H3;4-12,21H,13-17H2,1-3H3;1-3H,(H2,9,10,11)/t27-,29-;21-,23-;/m00./s1. The van der Waals surface area contributed by atoms with Crippen molar-refractivity contribution in [3.05, 3.63) is 191 Å². The predicted octanol–water partition coefficient (Wildman–Crippen LogP) is 10.6. The highest BCUT2D eigenvalue weighted by molar-refractivity contribution is 9.09. The van der Waals surface area contributed by atoms with Crippen molar-refractivity contribution in [2.75, 3.05) is 34.4 Å². The Labute approximate surface area is 526 Å². The molecular formula is C58H67BrF4N6O14S4Si2. The molecule has 6 aromatic carbocycles. The summed E-state index contributed by atoms with van der Waals surface area (Å²) in [6, 6.07) is 38.9. The molecule has 0 aromatic heterocycles. The lowest BCUT2D eigenvalue weighted by Gasteiger charge is -2.36. The Hall–Kier alpha value is -6.27. The van der Waals surface area contributed by atoms with E-state index < -0.39 is 126 Å². The number of halogens is 5. The number of fused-ring (bicyclic) bond motifs is 6. The zero-order chi connectivity index (χ0) is 65.1. The number of carbonyl (C=O) groups excluding carboxylic acids is 2. The van der Waals surface area contributed by atoms with Gasteiger partial charge in [-0.3, -0.25) is 9.80 Å². The largest absolute Gasteiger partial charge is 0.444 e. The number of amides is 2. The SMILES string of the molecule is C[Si](C)(C)CCS(=O)(=O)N1CC[C@]2(Br)c3ccccc3N(C(=O)OCc3ccccc3)[C@H]12.C[Si](C)(C)CCS(=O)(=O)N1CC[C@]2(NS(=O)(=O)Oc3c(F)cccc3F)c3ccccc3N(C(=O)OCc3ccccc3)[C@H]12.NS(=O)(=O)Oc1c(F)cccc1F.